The molecule has 1 fully saturated rings. The number of aromatic nitrogens is 1. The van der Waals surface area contributed by atoms with E-state index in [-0.39, 0.29) is 0 Å². The maximum absolute atomic E-state index is 10.3. The Hall–Kier alpha value is -1.44. The number of aliphatic hydroxyl groups is 1. The van der Waals surface area contributed by atoms with Gasteiger partial charge in [0.05, 0.1) is 18.8 Å². The maximum Gasteiger partial charge on any atom is 0.111 e. The highest BCUT2D eigenvalue weighted by Crippen LogP contribution is 2.40. The summed E-state index contributed by atoms with van der Waals surface area (Å²) < 4.78 is 5.32. The standard InChI is InChI=1S/C12H14N2O2/c13-8-12(4-1-7-16-9-12)11(15)10-2-5-14-6-3-10/h2-3,5-6,11,15H,1,4,7,9H2. The highest BCUT2D eigenvalue weighted by molar-refractivity contribution is 5.20. The minimum absolute atomic E-state index is 0.299. The molecule has 1 aliphatic rings. The minimum atomic E-state index is -0.806. The van der Waals surface area contributed by atoms with Gasteiger partial charge in [-0.05, 0) is 30.5 Å². The molecule has 1 saturated heterocycles. The van der Waals surface area contributed by atoms with E-state index >= 15 is 0 Å². The Balaban J connectivity index is 2.25. The smallest absolute Gasteiger partial charge is 0.111 e. The molecule has 2 rings (SSSR count). The van der Waals surface area contributed by atoms with E-state index < -0.39 is 11.5 Å². The van der Waals surface area contributed by atoms with Crippen LogP contribution in [0.1, 0.15) is 24.5 Å². The fraction of sp³-hybridized carbons (Fsp3) is 0.500. The molecule has 0 aliphatic carbocycles. The molecule has 2 unspecified atom stereocenters. The first-order chi connectivity index (χ1) is 7.78. The lowest BCUT2D eigenvalue weighted by Gasteiger charge is -2.34. The summed E-state index contributed by atoms with van der Waals surface area (Å²) in [7, 11) is 0. The quantitative estimate of drug-likeness (QED) is 0.815. The van der Waals surface area contributed by atoms with Crippen LogP contribution in [0.25, 0.3) is 0 Å². The third-order valence-corrected chi connectivity index (χ3v) is 3.04. The molecule has 2 atom stereocenters. The predicted octanol–water partition coefficient (Wildman–Crippen LogP) is 1.44. The summed E-state index contributed by atoms with van der Waals surface area (Å²) in [4.78, 5) is 3.90. The second kappa shape index (κ2) is 4.60. The SMILES string of the molecule is N#CC1(C(O)c2ccncc2)CCCOC1. The summed E-state index contributed by atoms with van der Waals surface area (Å²) >= 11 is 0. The average molecular weight is 218 g/mol. The van der Waals surface area contributed by atoms with Crippen molar-refractivity contribution >= 4 is 0 Å². The first-order valence-electron chi connectivity index (χ1n) is 5.35. The van der Waals surface area contributed by atoms with Gasteiger partial charge in [-0.3, -0.25) is 4.98 Å². The summed E-state index contributed by atoms with van der Waals surface area (Å²) in [5.41, 5.74) is -0.0818. The van der Waals surface area contributed by atoms with Crippen LogP contribution in [0.3, 0.4) is 0 Å². The van der Waals surface area contributed by atoms with E-state index in [9.17, 15) is 10.4 Å². The third kappa shape index (κ3) is 1.92. The van der Waals surface area contributed by atoms with Crippen LogP contribution >= 0.6 is 0 Å². The highest BCUT2D eigenvalue weighted by atomic mass is 16.5. The monoisotopic (exact) mass is 218 g/mol. The zero-order valence-electron chi connectivity index (χ0n) is 8.97. The van der Waals surface area contributed by atoms with E-state index in [0.29, 0.717) is 19.6 Å². The second-order valence-electron chi connectivity index (χ2n) is 4.11. The van der Waals surface area contributed by atoms with Gasteiger partial charge < -0.3 is 9.84 Å². The molecule has 0 saturated carbocycles. The maximum atomic E-state index is 10.3. The van der Waals surface area contributed by atoms with Gasteiger partial charge in [0, 0.05) is 19.0 Å². The number of pyridine rings is 1. The summed E-state index contributed by atoms with van der Waals surface area (Å²) in [5, 5.41) is 19.5. The van der Waals surface area contributed by atoms with Crippen LogP contribution in [0, 0.1) is 16.7 Å². The van der Waals surface area contributed by atoms with Gasteiger partial charge >= 0.3 is 0 Å². The number of hydrogen-bond donors (Lipinski definition) is 1. The second-order valence-corrected chi connectivity index (χ2v) is 4.11. The molecule has 2 heterocycles. The molecule has 4 heteroatoms. The molecule has 1 aromatic rings. The summed E-state index contributed by atoms with van der Waals surface area (Å²) in [6.45, 7) is 0.972. The lowest BCUT2D eigenvalue weighted by molar-refractivity contribution is -0.0506. The van der Waals surface area contributed by atoms with E-state index in [1.54, 1.807) is 24.5 Å². The number of aliphatic hydroxyl groups excluding tert-OH is 1. The zero-order valence-corrected chi connectivity index (χ0v) is 8.97. The summed E-state index contributed by atoms with van der Waals surface area (Å²) in [5.74, 6) is 0. The molecular weight excluding hydrogens is 204 g/mol. The summed E-state index contributed by atoms with van der Waals surface area (Å²) in [6, 6.07) is 5.69. The first-order valence-corrected chi connectivity index (χ1v) is 5.35. The number of hydrogen-bond acceptors (Lipinski definition) is 4. The van der Waals surface area contributed by atoms with E-state index in [1.165, 1.54) is 0 Å². The van der Waals surface area contributed by atoms with Crippen molar-refractivity contribution in [2.75, 3.05) is 13.2 Å². The van der Waals surface area contributed by atoms with Gasteiger partial charge in [-0.15, -0.1) is 0 Å². The van der Waals surface area contributed by atoms with Gasteiger partial charge in [-0.2, -0.15) is 5.26 Å². The Labute approximate surface area is 94.5 Å². The van der Waals surface area contributed by atoms with Crippen molar-refractivity contribution in [2.45, 2.75) is 18.9 Å². The molecule has 4 nitrogen and oxygen atoms in total. The molecule has 1 aromatic heterocycles. The largest absolute Gasteiger partial charge is 0.387 e. The topological polar surface area (TPSA) is 66.1 Å². The molecule has 1 N–H and O–H groups in total. The van der Waals surface area contributed by atoms with Gasteiger partial charge in [0.25, 0.3) is 0 Å². The van der Waals surface area contributed by atoms with Gasteiger partial charge in [-0.1, -0.05) is 0 Å². The van der Waals surface area contributed by atoms with E-state index in [1.807, 2.05) is 0 Å². The van der Waals surface area contributed by atoms with E-state index in [0.717, 1.165) is 12.0 Å². The Kier molecular flexibility index (Phi) is 3.18. The molecule has 1 aliphatic heterocycles. The molecular formula is C12H14N2O2. The van der Waals surface area contributed by atoms with Crippen LogP contribution in [0.15, 0.2) is 24.5 Å². The number of nitriles is 1. The fourth-order valence-electron chi connectivity index (χ4n) is 2.05. The van der Waals surface area contributed by atoms with Crippen molar-refractivity contribution in [1.82, 2.24) is 4.98 Å². The van der Waals surface area contributed by atoms with Crippen molar-refractivity contribution in [2.24, 2.45) is 5.41 Å². The Morgan fingerprint density at radius 2 is 2.25 bits per heavy atom. The molecule has 84 valence electrons. The Morgan fingerprint density at radius 3 is 2.81 bits per heavy atom. The van der Waals surface area contributed by atoms with Crippen LogP contribution in [-0.4, -0.2) is 23.3 Å². The lowest BCUT2D eigenvalue weighted by Crippen LogP contribution is -2.36. The van der Waals surface area contributed by atoms with Crippen molar-refractivity contribution < 1.29 is 9.84 Å². The molecule has 16 heavy (non-hydrogen) atoms. The van der Waals surface area contributed by atoms with Crippen molar-refractivity contribution in [1.29, 1.82) is 5.26 Å². The molecule has 0 radical (unpaired) electrons. The number of rotatable bonds is 2. The number of nitrogens with zero attached hydrogens (tertiary/aromatic N) is 2. The minimum Gasteiger partial charge on any atom is -0.387 e. The molecule has 0 aromatic carbocycles. The van der Waals surface area contributed by atoms with Crippen LogP contribution < -0.4 is 0 Å². The Morgan fingerprint density at radius 1 is 1.50 bits per heavy atom. The molecule has 0 bridgehead atoms. The van der Waals surface area contributed by atoms with Gasteiger partial charge in [0.2, 0.25) is 0 Å². The average Bonchev–Trinajstić information content (AvgIpc) is 2.39. The van der Waals surface area contributed by atoms with Gasteiger partial charge in [0.1, 0.15) is 5.41 Å². The van der Waals surface area contributed by atoms with E-state index in [4.69, 9.17) is 4.74 Å². The molecule has 0 amide bonds. The number of ether oxygens (including phenoxy) is 1. The van der Waals surface area contributed by atoms with Crippen molar-refractivity contribution in [3.05, 3.63) is 30.1 Å². The van der Waals surface area contributed by atoms with E-state index in [2.05, 4.69) is 11.1 Å². The van der Waals surface area contributed by atoms with Crippen LogP contribution in [-0.2, 0) is 4.74 Å². The fourth-order valence-corrected chi connectivity index (χ4v) is 2.05. The van der Waals surface area contributed by atoms with Crippen molar-refractivity contribution in [3.63, 3.8) is 0 Å². The lowest BCUT2D eigenvalue weighted by atomic mass is 9.76. The Bertz CT molecular complexity index is 380. The van der Waals surface area contributed by atoms with Crippen LogP contribution in [0.4, 0.5) is 0 Å². The zero-order chi connectivity index (χ0) is 11.4. The van der Waals surface area contributed by atoms with Gasteiger partial charge in [-0.25, -0.2) is 0 Å². The van der Waals surface area contributed by atoms with Crippen LogP contribution in [0.5, 0.6) is 0 Å². The highest BCUT2D eigenvalue weighted by Gasteiger charge is 2.41. The van der Waals surface area contributed by atoms with Crippen molar-refractivity contribution in [3.8, 4) is 6.07 Å². The normalized spacial score (nSPS) is 27.0. The summed E-state index contributed by atoms with van der Waals surface area (Å²) in [6.07, 6.45) is 3.92. The van der Waals surface area contributed by atoms with Gasteiger partial charge in [0.15, 0.2) is 0 Å². The first kappa shape index (κ1) is 11.1. The third-order valence-electron chi connectivity index (χ3n) is 3.04. The predicted molar refractivity (Wildman–Crippen MR) is 57.3 cm³/mol. The van der Waals surface area contributed by atoms with Crippen LogP contribution in [0.2, 0.25) is 0 Å². The molecule has 0 spiro atoms.